The molecule has 1 aromatic heterocycles. The lowest BCUT2D eigenvalue weighted by Gasteiger charge is -2.13. The van der Waals surface area contributed by atoms with Crippen molar-refractivity contribution < 1.29 is 17.9 Å². The van der Waals surface area contributed by atoms with Gasteiger partial charge in [0, 0.05) is 31.8 Å². The third kappa shape index (κ3) is 4.96. The standard InChI is InChI=1S/C22H25ClN4O4S/c1-15-26-19-6-2-3-7-20(19)27(15)11-10-24-22(28)16-8-9-18(23)21(13-16)32(29,30)25-14-17-5-4-12-31-17/h2-3,6-9,13,17,25H,4-5,10-12,14H2,1H3,(H,24,28)/t17-/m0/s1. The minimum Gasteiger partial charge on any atom is -0.377 e. The molecular weight excluding hydrogens is 452 g/mol. The fourth-order valence-electron chi connectivity index (χ4n) is 3.80. The molecule has 0 unspecified atom stereocenters. The van der Waals surface area contributed by atoms with Gasteiger partial charge in [-0.15, -0.1) is 0 Å². The van der Waals surface area contributed by atoms with Gasteiger partial charge >= 0.3 is 0 Å². The Morgan fingerprint density at radius 3 is 2.88 bits per heavy atom. The van der Waals surface area contributed by atoms with E-state index in [1.54, 1.807) is 0 Å². The zero-order chi connectivity index (χ0) is 22.7. The number of aromatic nitrogens is 2. The van der Waals surface area contributed by atoms with E-state index >= 15 is 0 Å². The normalized spacial score (nSPS) is 16.5. The van der Waals surface area contributed by atoms with Gasteiger partial charge in [0.15, 0.2) is 0 Å². The molecule has 0 spiro atoms. The van der Waals surface area contributed by atoms with Crippen molar-refractivity contribution in [3.05, 3.63) is 58.9 Å². The largest absolute Gasteiger partial charge is 0.377 e. The van der Waals surface area contributed by atoms with Crippen molar-refractivity contribution in [2.45, 2.75) is 37.3 Å². The summed E-state index contributed by atoms with van der Waals surface area (Å²) < 4.78 is 35.5. The molecular formula is C22H25ClN4O4S. The van der Waals surface area contributed by atoms with Crippen molar-refractivity contribution in [1.82, 2.24) is 19.6 Å². The number of carbonyl (C=O) groups is 1. The number of halogens is 1. The maximum absolute atomic E-state index is 12.7. The summed E-state index contributed by atoms with van der Waals surface area (Å²) in [4.78, 5) is 17.1. The summed E-state index contributed by atoms with van der Waals surface area (Å²) in [5.74, 6) is 0.483. The third-order valence-corrected chi connectivity index (χ3v) is 7.38. The predicted octanol–water partition coefficient (Wildman–Crippen LogP) is 2.89. The lowest BCUT2D eigenvalue weighted by molar-refractivity contribution is 0.0952. The number of imidazole rings is 1. The Hall–Kier alpha value is -2.46. The number of nitrogens with zero attached hydrogens (tertiary/aromatic N) is 2. The van der Waals surface area contributed by atoms with Gasteiger partial charge in [-0.3, -0.25) is 4.79 Å². The van der Waals surface area contributed by atoms with Crippen molar-refractivity contribution in [3.63, 3.8) is 0 Å². The number of aryl methyl sites for hydroxylation is 1. The van der Waals surface area contributed by atoms with Crippen LogP contribution < -0.4 is 10.0 Å². The third-order valence-electron chi connectivity index (χ3n) is 5.47. The highest BCUT2D eigenvalue weighted by Gasteiger charge is 2.23. The number of carbonyl (C=O) groups excluding carboxylic acids is 1. The zero-order valence-electron chi connectivity index (χ0n) is 17.7. The SMILES string of the molecule is Cc1nc2ccccc2n1CCNC(=O)c1ccc(Cl)c(S(=O)(=O)NC[C@@H]2CCCO2)c1. The first kappa shape index (κ1) is 22.7. The van der Waals surface area contributed by atoms with E-state index in [4.69, 9.17) is 16.3 Å². The molecule has 0 saturated carbocycles. The number of rotatable bonds is 8. The Morgan fingerprint density at radius 2 is 2.09 bits per heavy atom. The molecule has 32 heavy (non-hydrogen) atoms. The Kier molecular flexibility index (Phi) is 6.80. The smallest absolute Gasteiger partial charge is 0.251 e. The first-order chi connectivity index (χ1) is 15.3. The van der Waals surface area contributed by atoms with Crippen molar-refractivity contribution in [1.29, 1.82) is 0 Å². The van der Waals surface area contributed by atoms with Crippen LogP contribution in [0.3, 0.4) is 0 Å². The number of amides is 1. The predicted molar refractivity (Wildman–Crippen MR) is 122 cm³/mol. The number of sulfonamides is 1. The second-order valence-electron chi connectivity index (χ2n) is 7.69. The molecule has 10 heteroatoms. The maximum Gasteiger partial charge on any atom is 0.251 e. The number of nitrogens with one attached hydrogen (secondary N) is 2. The molecule has 0 bridgehead atoms. The molecule has 1 fully saturated rings. The summed E-state index contributed by atoms with van der Waals surface area (Å²) in [6, 6.07) is 12.0. The highest BCUT2D eigenvalue weighted by Crippen LogP contribution is 2.23. The molecule has 0 aliphatic carbocycles. The molecule has 8 nitrogen and oxygen atoms in total. The van der Waals surface area contributed by atoms with E-state index in [1.807, 2.05) is 35.8 Å². The number of hydrogen-bond donors (Lipinski definition) is 2. The molecule has 1 atom stereocenters. The van der Waals surface area contributed by atoms with Crippen molar-refractivity contribution in [2.24, 2.45) is 0 Å². The van der Waals surface area contributed by atoms with Gasteiger partial charge in [-0.2, -0.15) is 0 Å². The van der Waals surface area contributed by atoms with E-state index in [0.29, 0.717) is 19.7 Å². The molecule has 170 valence electrons. The van der Waals surface area contributed by atoms with Crippen LogP contribution in [0.5, 0.6) is 0 Å². The molecule has 1 aliphatic rings. The van der Waals surface area contributed by atoms with Gasteiger partial charge in [-0.05, 0) is 50.1 Å². The first-order valence-corrected chi connectivity index (χ1v) is 12.3. The molecule has 1 aliphatic heterocycles. The Bertz CT molecular complexity index is 1240. The van der Waals surface area contributed by atoms with Crippen LogP contribution in [-0.4, -0.2) is 49.7 Å². The summed E-state index contributed by atoms with van der Waals surface area (Å²) in [7, 11) is -3.87. The number of ether oxygens (including phenoxy) is 1. The second kappa shape index (κ2) is 9.58. The molecule has 3 aromatic rings. The maximum atomic E-state index is 12.7. The van der Waals surface area contributed by atoms with Gasteiger partial charge < -0.3 is 14.6 Å². The van der Waals surface area contributed by atoms with Gasteiger partial charge in [-0.25, -0.2) is 18.1 Å². The number of benzene rings is 2. The molecule has 2 heterocycles. The lowest BCUT2D eigenvalue weighted by Crippen LogP contribution is -2.32. The van der Waals surface area contributed by atoms with Crippen LogP contribution in [0.15, 0.2) is 47.4 Å². The number of fused-ring (bicyclic) bond motifs is 1. The highest BCUT2D eigenvalue weighted by atomic mass is 35.5. The van der Waals surface area contributed by atoms with E-state index in [2.05, 4.69) is 15.0 Å². The van der Waals surface area contributed by atoms with E-state index in [1.165, 1.54) is 18.2 Å². The zero-order valence-corrected chi connectivity index (χ0v) is 19.2. The van der Waals surface area contributed by atoms with E-state index in [0.717, 1.165) is 29.7 Å². The Labute approximate surface area is 192 Å². The second-order valence-corrected chi connectivity index (χ2v) is 9.83. The average Bonchev–Trinajstić information content (AvgIpc) is 3.40. The molecule has 4 rings (SSSR count). The van der Waals surface area contributed by atoms with E-state index < -0.39 is 10.0 Å². The molecule has 1 saturated heterocycles. The number of para-hydroxylation sites is 2. The highest BCUT2D eigenvalue weighted by molar-refractivity contribution is 7.89. The van der Waals surface area contributed by atoms with Gasteiger partial charge in [0.1, 0.15) is 10.7 Å². The Balaban J connectivity index is 1.42. The van der Waals surface area contributed by atoms with Crippen LogP contribution in [0.25, 0.3) is 11.0 Å². The molecule has 0 radical (unpaired) electrons. The van der Waals surface area contributed by atoms with Crippen LogP contribution in [-0.2, 0) is 21.3 Å². The summed E-state index contributed by atoms with van der Waals surface area (Å²) in [6.07, 6.45) is 1.58. The molecule has 2 aromatic carbocycles. The lowest BCUT2D eigenvalue weighted by atomic mass is 10.2. The fraction of sp³-hybridized carbons (Fsp3) is 0.364. The minimum absolute atomic E-state index is 0.0573. The summed E-state index contributed by atoms with van der Waals surface area (Å²) >= 11 is 6.13. The van der Waals surface area contributed by atoms with Gasteiger partial charge in [0.25, 0.3) is 5.91 Å². The monoisotopic (exact) mass is 476 g/mol. The molecule has 1 amide bonds. The Morgan fingerprint density at radius 1 is 1.28 bits per heavy atom. The van der Waals surface area contributed by atoms with E-state index in [-0.39, 0.29) is 34.0 Å². The first-order valence-electron chi connectivity index (χ1n) is 10.5. The average molecular weight is 477 g/mol. The fourth-order valence-corrected chi connectivity index (χ4v) is 5.39. The molecule has 2 N–H and O–H groups in total. The van der Waals surface area contributed by atoms with Gasteiger partial charge in [0.2, 0.25) is 10.0 Å². The summed E-state index contributed by atoms with van der Waals surface area (Å²) in [6.45, 7) is 3.63. The van der Waals surface area contributed by atoms with Gasteiger partial charge in [-0.1, -0.05) is 23.7 Å². The van der Waals surface area contributed by atoms with Crippen molar-refractivity contribution >= 4 is 38.6 Å². The van der Waals surface area contributed by atoms with Crippen LogP contribution in [0, 0.1) is 6.92 Å². The van der Waals surface area contributed by atoms with Crippen LogP contribution in [0.1, 0.15) is 29.0 Å². The van der Waals surface area contributed by atoms with Crippen molar-refractivity contribution in [3.8, 4) is 0 Å². The topological polar surface area (TPSA) is 102 Å². The van der Waals surface area contributed by atoms with E-state index in [9.17, 15) is 13.2 Å². The summed E-state index contributed by atoms with van der Waals surface area (Å²) in [5, 5.41) is 2.90. The van der Waals surface area contributed by atoms with Crippen molar-refractivity contribution in [2.75, 3.05) is 19.7 Å². The minimum atomic E-state index is -3.87. The number of hydrogen-bond acceptors (Lipinski definition) is 5. The van der Waals surface area contributed by atoms with Crippen LogP contribution in [0.4, 0.5) is 0 Å². The van der Waals surface area contributed by atoms with Gasteiger partial charge in [0.05, 0.1) is 22.2 Å². The quantitative estimate of drug-likeness (QED) is 0.520. The van der Waals surface area contributed by atoms with Crippen LogP contribution in [0.2, 0.25) is 5.02 Å². The van der Waals surface area contributed by atoms with Crippen LogP contribution >= 0.6 is 11.6 Å². The summed E-state index contributed by atoms with van der Waals surface area (Å²) in [5.41, 5.74) is 2.12.